The van der Waals surface area contributed by atoms with E-state index in [1.54, 1.807) is 0 Å². The minimum atomic E-state index is -3.50. The number of amides is 1. The highest BCUT2D eigenvalue weighted by molar-refractivity contribution is 7.91. The van der Waals surface area contributed by atoms with Gasteiger partial charge >= 0.3 is 0 Å². The molecule has 0 radical (unpaired) electrons. The van der Waals surface area contributed by atoms with E-state index >= 15 is 0 Å². The molecule has 0 bridgehead atoms. The Morgan fingerprint density at radius 1 is 1.04 bits per heavy atom. The average molecular weight is 366 g/mol. The molecule has 0 aliphatic heterocycles. The summed E-state index contributed by atoms with van der Waals surface area (Å²) in [5, 5.41) is 3.19. The molecule has 0 fully saturated rings. The van der Waals surface area contributed by atoms with Crippen molar-refractivity contribution in [2.75, 3.05) is 11.1 Å². The van der Waals surface area contributed by atoms with E-state index in [4.69, 9.17) is 11.6 Å². The second-order valence-corrected chi connectivity index (χ2v) is 8.39. The highest BCUT2D eigenvalue weighted by Crippen LogP contribution is 2.18. The van der Waals surface area contributed by atoms with Crippen molar-refractivity contribution >= 4 is 33.0 Å². The molecule has 128 valence electrons. The van der Waals surface area contributed by atoms with Gasteiger partial charge < -0.3 is 5.32 Å². The smallest absolute Gasteiger partial charge is 0.225 e. The first kappa shape index (κ1) is 18.5. The van der Waals surface area contributed by atoms with E-state index in [1.807, 2.05) is 24.3 Å². The zero-order valence-corrected chi connectivity index (χ0v) is 15.2. The van der Waals surface area contributed by atoms with Crippen LogP contribution in [0.5, 0.6) is 0 Å². The highest BCUT2D eigenvalue weighted by atomic mass is 35.5. The fourth-order valence-electron chi connectivity index (χ4n) is 2.16. The van der Waals surface area contributed by atoms with Gasteiger partial charge in [0.05, 0.1) is 10.6 Å². The van der Waals surface area contributed by atoms with Crippen molar-refractivity contribution in [2.24, 2.45) is 0 Å². The van der Waals surface area contributed by atoms with Crippen LogP contribution >= 0.6 is 11.6 Å². The van der Waals surface area contributed by atoms with Crippen LogP contribution < -0.4 is 5.32 Å². The van der Waals surface area contributed by atoms with Gasteiger partial charge in [0.25, 0.3) is 0 Å². The quantitative estimate of drug-likeness (QED) is 0.831. The van der Waals surface area contributed by atoms with Gasteiger partial charge in [-0.05, 0) is 47.9 Å². The van der Waals surface area contributed by atoms with Gasteiger partial charge in [-0.25, -0.2) is 8.42 Å². The third kappa shape index (κ3) is 5.08. The van der Waals surface area contributed by atoms with Crippen LogP contribution in [0, 0.1) is 0 Å². The van der Waals surface area contributed by atoms with Crippen molar-refractivity contribution in [3.8, 4) is 0 Å². The largest absolute Gasteiger partial charge is 0.326 e. The van der Waals surface area contributed by atoms with Crippen molar-refractivity contribution in [1.29, 1.82) is 0 Å². The van der Waals surface area contributed by atoms with Gasteiger partial charge in [0.2, 0.25) is 5.91 Å². The van der Waals surface area contributed by atoms with Crippen molar-refractivity contribution in [2.45, 2.75) is 31.1 Å². The highest BCUT2D eigenvalue weighted by Gasteiger charge is 2.16. The van der Waals surface area contributed by atoms with E-state index in [2.05, 4.69) is 19.2 Å². The second kappa shape index (κ2) is 7.81. The molecule has 0 aliphatic rings. The van der Waals surface area contributed by atoms with Gasteiger partial charge in [0.1, 0.15) is 0 Å². The van der Waals surface area contributed by atoms with Gasteiger partial charge in [-0.2, -0.15) is 0 Å². The Morgan fingerprint density at radius 3 is 2.17 bits per heavy atom. The molecule has 4 nitrogen and oxygen atoms in total. The number of carbonyl (C=O) groups is 1. The molecule has 0 atom stereocenters. The molecule has 2 rings (SSSR count). The summed E-state index contributed by atoms with van der Waals surface area (Å²) in [6, 6.07) is 13.5. The normalized spacial score (nSPS) is 11.5. The molecule has 1 N–H and O–H groups in total. The van der Waals surface area contributed by atoms with E-state index in [0.717, 1.165) is 0 Å². The summed E-state index contributed by atoms with van der Waals surface area (Å²) in [6.07, 6.45) is -0.100. The zero-order valence-electron chi connectivity index (χ0n) is 13.6. The first-order valence-corrected chi connectivity index (χ1v) is 9.69. The van der Waals surface area contributed by atoms with Crippen LogP contribution in [0.3, 0.4) is 0 Å². The molecule has 0 unspecified atom stereocenters. The van der Waals surface area contributed by atoms with Crippen LogP contribution in [0.4, 0.5) is 5.69 Å². The van der Waals surface area contributed by atoms with E-state index in [0.29, 0.717) is 16.6 Å². The number of nitrogens with one attached hydrogen (secondary N) is 1. The van der Waals surface area contributed by atoms with Gasteiger partial charge in [-0.15, -0.1) is 0 Å². The Kier molecular flexibility index (Phi) is 6.02. The van der Waals surface area contributed by atoms with Gasteiger partial charge in [0, 0.05) is 17.1 Å². The molecule has 2 aromatic rings. The summed E-state index contributed by atoms with van der Waals surface area (Å²) in [5.41, 5.74) is 1.84. The van der Waals surface area contributed by atoms with Crippen molar-refractivity contribution in [3.63, 3.8) is 0 Å². The predicted octanol–water partition coefficient (Wildman–Crippen LogP) is 4.27. The standard InChI is InChI=1S/C18H20ClNO3S/c1-13(2)14-3-7-16(8-4-14)20-18(21)11-12-24(22,23)17-9-5-15(19)6-10-17/h3-10,13H,11-12H2,1-2H3,(H,20,21). The maximum absolute atomic E-state index is 12.2. The van der Waals surface area contributed by atoms with E-state index in [9.17, 15) is 13.2 Å². The fourth-order valence-corrected chi connectivity index (χ4v) is 3.53. The monoisotopic (exact) mass is 365 g/mol. The van der Waals surface area contributed by atoms with Crippen LogP contribution in [0.25, 0.3) is 0 Å². The van der Waals surface area contributed by atoms with Gasteiger partial charge in [-0.3, -0.25) is 4.79 Å². The lowest BCUT2D eigenvalue weighted by Gasteiger charge is -2.09. The molecule has 0 heterocycles. The summed E-state index contributed by atoms with van der Waals surface area (Å²) in [5.74, 6) is -0.158. The number of hydrogen-bond donors (Lipinski definition) is 1. The molecular formula is C18H20ClNO3S. The lowest BCUT2D eigenvalue weighted by molar-refractivity contribution is -0.115. The average Bonchev–Trinajstić information content (AvgIpc) is 2.54. The number of hydrogen-bond acceptors (Lipinski definition) is 3. The van der Waals surface area contributed by atoms with E-state index in [-0.39, 0.29) is 23.0 Å². The third-order valence-corrected chi connectivity index (χ3v) is 5.62. The Bertz CT molecular complexity index is 797. The number of halogens is 1. The Hall–Kier alpha value is -1.85. The maximum atomic E-state index is 12.2. The fraction of sp³-hybridized carbons (Fsp3) is 0.278. The first-order chi connectivity index (χ1) is 11.3. The molecule has 0 aromatic heterocycles. The van der Waals surface area contributed by atoms with Crippen molar-refractivity contribution in [3.05, 3.63) is 59.1 Å². The number of sulfone groups is 1. The van der Waals surface area contributed by atoms with E-state index in [1.165, 1.54) is 29.8 Å². The minimum Gasteiger partial charge on any atom is -0.326 e. The van der Waals surface area contributed by atoms with Crippen LogP contribution in [0.1, 0.15) is 31.7 Å². The lowest BCUT2D eigenvalue weighted by Crippen LogP contribution is -2.17. The minimum absolute atomic E-state index is 0.100. The summed E-state index contributed by atoms with van der Waals surface area (Å²) in [4.78, 5) is 12.1. The summed E-state index contributed by atoms with van der Waals surface area (Å²) in [7, 11) is -3.50. The lowest BCUT2D eigenvalue weighted by atomic mass is 10.0. The molecular weight excluding hydrogens is 346 g/mol. The van der Waals surface area contributed by atoms with Crippen LogP contribution in [0.2, 0.25) is 5.02 Å². The predicted molar refractivity (Wildman–Crippen MR) is 97.3 cm³/mol. The first-order valence-electron chi connectivity index (χ1n) is 7.66. The summed E-state index contributed by atoms with van der Waals surface area (Å²) in [6.45, 7) is 4.18. The summed E-state index contributed by atoms with van der Waals surface area (Å²) < 4.78 is 24.4. The van der Waals surface area contributed by atoms with Crippen LogP contribution in [-0.4, -0.2) is 20.1 Å². The van der Waals surface area contributed by atoms with Crippen LogP contribution in [0.15, 0.2) is 53.4 Å². The third-order valence-electron chi connectivity index (χ3n) is 3.63. The van der Waals surface area contributed by atoms with Crippen LogP contribution in [-0.2, 0) is 14.6 Å². The number of rotatable bonds is 6. The second-order valence-electron chi connectivity index (χ2n) is 5.85. The molecule has 0 aliphatic carbocycles. The molecule has 0 saturated heterocycles. The molecule has 1 amide bonds. The number of carbonyl (C=O) groups excluding carboxylic acids is 1. The molecule has 2 aromatic carbocycles. The van der Waals surface area contributed by atoms with Crippen molar-refractivity contribution in [1.82, 2.24) is 0 Å². The SMILES string of the molecule is CC(C)c1ccc(NC(=O)CCS(=O)(=O)c2ccc(Cl)cc2)cc1. The van der Waals surface area contributed by atoms with Gasteiger partial charge in [0.15, 0.2) is 9.84 Å². The topological polar surface area (TPSA) is 63.2 Å². The molecule has 6 heteroatoms. The number of benzene rings is 2. The summed E-state index contributed by atoms with van der Waals surface area (Å²) >= 11 is 5.75. The molecule has 0 saturated carbocycles. The van der Waals surface area contributed by atoms with Gasteiger partial charge in [-0.1, -0.05) is 37.6 Å². The Balaban J connectivity index is 1.93. The molecule has 0 spiro atoms. The number of anilines is 1. The Labute approximate surface area is 147 Å². The maximum Gasteiger partial charge on any atom is 0.225 e. The molecule has 24 heavy (non-hydrogen) atoms. The Morgan fingerprint density at radius 2 is 1.62 bits per heavy atom. The van der Waals surface area contributed by atoms with Crippen molar-refractivity contribution < 1.29 is 13.2 Å². The zero-order chi connectivity index (χ0) is 17.7. The van der Waals surface area contributed by atoms with E-state index < -0.39 is 9.84 Å².